The first kappa shape index (κ1) is 15.4. The summed E-state index contributed by atoms with van der Waals surface area (Å²) >= 11 is 0.976. The molecule has 0 spiro atoms. The van der Waals surface area contributed by atoms with Gasteiger partial charge >= 0.3 is 6.01 Å². The summed E-state index contributed by atoms with van der Waals surface area (Å²) in [6.07, 6.45) is 0.815. The minimum Gasteiger partial charge on any atom is -0.463 e. The molecule has 5 nitrogen and oxygen atoms in total. The van der Waals surface area contributed by atoms with Crippen molar-refractivity contribution in [3.05, 3.63) is 29.8 Å². The number of aromatic nitrogens is 3. The van der Waals surface area contributed by atoms with Gasteiger partial charge in [-0.1, -0.05) is 6.92 Å². The van der Waals surface area contributed by atoms with Crippen LogP contribution in [0.15, 0.2) is 28.3 Å². The Bertz CT molecular complexity index is 627. The summed E-state index contributed by atoms with van der Waals surface area (Å²) < 4.78 is 31.9. The summed E-state index contributed by atoms with van der Waals surface area (Å²) in [5.41, 5.74) is 0. The lowest BCUT2D eigenvalue weighted by molar-refractivity contribution is 0.288. The van der Waals surface area contributed by atoms with Gasteiger partial charge in [-0.05, 0) is 30.3 Å². The van der Waals surface area contributed by atoms with Crippen molar-refractivity contribution in [3.63, 3.8) is 0 Å². The molecule has 0 fully saturated rings. The number of nitrogens with one attached hydrogen (secondary N) is 1. The van der Waals surface area contributed by atoms with Crippen molar-refractivity contribution in [2.75, 3.05) is 19.0 Å². The van der Waals surface area contributed by atoms with E-state index < -0.39 is 11.6 Å². The van der Waals surface area contributed by atoms with E-state index in [0.717, 1.165) is 24.2 Å². The molecule has 0 bridgehead atoms. The van der Waals surface area contributed by atoms with E-state index in [1.165, 1.54) is 12.1 Å². The first-order valence-corrected chi connectivity index (χ1v) is 7.13. The van der Waals surface area contributed by atoms with Gasteiger partial charge in [0.05, 0.1) is 11.5 Å². The maximum atomic E-state index is 13.6. The van der Waals surface area contributed by atoms with Crippen molar-refractivity contribution in [3.8, 4) is 6.01 Å². The number of nitrogens with zero attached hydrogens (tertiary/aromatic N) is 3. The Labute approximate surface area is 125 Å². The lowest BCUT2D eigenvalue weighted by Crippen LogP contribution is -2.05. The van der Waals surface area contributed by atoms with Crippen molar-refractivity contribution in [1.82, 2.24) is 15.0 Å². The molecule has 1 N–H and O–H groups in total. The first-order valence-electron chi connectivity index (χ1n) is 6.32. The average Bonchev–Trinajstić information content (AvgIpc) is 2.48. The molecule has 0 aliphatic rings. The minimum absolute atomic E-state index is 0.168. The topological polar surface area (TPSA) is 59.9 Å². The molecule has 0 atom stereocenters. The molecule has 0 amide bonds. The van der Waals surface area contributed by atoms with Crippen LogP contribution < -0.4 is 10.1 Å². The van der Waals surface area contributed by atoms with Crippen LogP contribution in [0.5, 0.6) is 6.01 Å². The second kappa shape index (κ2) is 7.16. The van der Waals surface area contributed by atoms with E-state index in [1.807, 2.05) is 6.92 Å². The number of hydrogen-bond donors (Lipinski definition) is 1. The van der Waals surface area contributed by atoms with Crippen LogP contribution in [0, 0.1) is 11.6 Å². The number of halogens is 2. The van der Waals surface area contributed by atoms with Gasteiger partial charge in [-0.25, -0.2) is 8.78 Å². The van der Waals surface area contributed by atoms with Crippen molar-refractivity contribution in [1.29, 1.82) is 0 Å². The molecule has 2 aromatic rings. The van der Waals surface area contributed by atoms with Gasteiger partial charge in [-0.2, -0.15) is 15.0 Å². The van der Waals surface area contributed by atoms with Gasteiger partial charge < -0.3 is 10.1 Å². The largest absolute Gasteiger partial charge is 0.463 e. The van der Waals surface area contributed by atoms with Crippen molar-refractivity contribution >= 4 is 17.7 Å². The van der Waals surface area contributed by atoms with E-state index in [4.69, 9.17) is 4.74 Å². The molecule has 1 aromatic heterocycles. The average molecular weight is 312 g/mol. The molecule has 0 aliphatic carbocycles. The van der Waals surface area contributed by atoms with E-state index in [-0.39, 0.29) is 16.1 Å². The molecule has 0 saturated carbocycles. The number of ether oxygens (including phenoxy) is 1. The SMILES string of the molecule is CCCOc1nc(NC)nc(Sc2ccc(F)cc2F)n1. The Morgan fingerprint density at radius 1 is 1.24 bits per heavy atom. The Kier molecular flexibility index (Phi) is 5.26. The molecule has 0 unspecified atom stereocenters. The third kappa shape index (κ3) is 4.25. The predicted molar refractivity (Wildman–Crippen MR) is 75.6 cm³/mol. The lowest BCUT2D eigenvalue weighted by atomic mass is 10.3. The zero-order valence-electron chi connectivity index (χ0n) is 11.6. The van der Waals surface area contributed by atoms with Crippen LogP contribution in [-0.2, 0) is 0 Å². The fourth-order valence-electron chi connectivity index (χ4n) is 1.41. The molecule has 0 saturated heterocycles. The van der Waals surface area contributed by atoms with Gasteiger partial charge in [0.2, 0.25) is 11.1 Å². The van der Waals surface area contributed by atoms with Gasteiger partial charge in [0.25, 0.3) is 0 Å². The van der Waals surface area contributed by atoms with Crippen LogP contribution in [0.1, 0.15) is 13.3 Å². The quantitative estimate of drug-likeness (QED) is 0.884. The fourth-order valence-corrected chi connectivity index (χ4v) is 2.15. The van der Waals surface area contributed by atoms with Crippen molar-refractivity contribution in [2.45, 2.75) is 23.4 Å². The number of anilines is 1. The molecule has 8 heteroatoms. The summed E-state index contributed by atoms with van der Waals surface area (Å²) in [7, 11) is 1.66. The maximum Gasteiger partial charge on any atom is 0.322 e. The molecule has 1 heterocycles. The van der Waals surface area contributed by atoms with Gasteiger partial charge in [0.1, 0.15) is 11.6 Å². The number of rotatable bonds is 6. The van der Waals surface area contributed by atoms with Crippen LogP contribution in [0.3, 0.4) is 0 Å². The molecule has 0 aliphatic heterocycles. The van der Waals surface area contributed by atoms with Crippen LogP contribution in [0.2, 0.25) is 0 Å². The van der Waals surface area contributed by atoms with Gasteiger partial charge in [0.15, 0.2) is 0 Å². The Balaban J connectivity index is 2.25. The molecule has 2 rings (SSSR count). The molecule has 112 valence electrons. The molecule has 0 radical (unpaired) electrons. The zero-order valence-corrected chi connectivity index (χ0v) is 12.4. The second-order valence-corrected chi connectivity index (χ2v) is 5.01. The van der Waals surface area contributed by atoms with Crippen LogP contribution in [0.25, 0.3) is 0 Å². The summed E-state index contributed by atoms with van der Waals surface area (Å²) in [4.78, 5) is 12.5. The highest BCUT2D eigenvalue weighted by Crippen LogP contribution is 2.28. The second-order valence-electron chi connectivity index (χ2n) is 4.00. The third-order valence-electron chi connectivity index (χ3n) is 2.35. The standard InChI is InChI=1S/C13H14F2N4OS/c1-3-6-20-12-17-11(16-2)18-13(19-12)21-10-5-4-8(14)7-9(10)15/h4-5,7H,3,6H2,1-2H3,(H,16,17,18,19). The van der Waals surface area contributed by atoms with Crippen LogP contribution in [-0.4, -0.2) is 28.6 Å². The Hall–Kier alpha value is -1.96. The maximum absolute atomic E-state index is 13.6. The van der Waals surface area contributed by atoms with Crippen molar-refractivity contribution in [2.24, 2.45) is 0 Å². The number of hydrogen-bond acceptors (Lipinski definition) is 6. The summed E-state index contributed by atoms with van der Waals surface area (Å²) in [5, 5.41) is 3.05. The highest BCUT2D eigenvalue weighted by atomic mass is 32.2. The first-order chi connectivity index (χ1) is 10.1. The Morgan fingerprint density at radius 2 is 2.05 bits per heavy atom. The normalized spacial score (nSPS) is 10.5. The van der Waals surface area contributed by atoms with Gasteiger partial charge in [0, 0.05) is 13.1 Å². The smallest absolute Gasteiger partial charge is 0.322 e. The van der Waals surface area contributed by atoms with E-state index >= 15 is 0 Å². The van der Waals surface area contributed by atoms with Crippen LogP contribution in [0.4, 0.5) is 14.7 Å². The third-order valence-corrected chi connectivity index (χ3v) is 3.26. The lowest BCUT2D eigenvalue weighted by Gasteiger charge is -2.07. The summed E-state index contributed by atoms with van der Waals surface area (Å²) in [6.45, 7) is 2.44. The molecular weight excluding hydrogens is 298 g/mol. The van der Waals surface area contributed by atoms with Gasteiger partial charge in [-0.3, -0.25) is 0 Å². The van der Waals surface area contributed by atoms with E-state index in [2.05, 4.69) is 20.3 Å². The summed E-state index contributed by atoms with van der Waals surface area (Å²) in [6, 6.07) is 3.50. The van der Waals surface area contributed by atoms with Crippen LogP contribution >= 0.6 is 11.8 Å². The molecule has 1 aromatic carbocycles. The zero-order chi connectivity index (χ0) is 15.2. The Morgan fingerprint density at radius 3 is 2.71 bits per heavy atom. The highest BCUT2D eigenvalue weighted by Gasteiger charge is 2.11. The molecule has 21 heavy (non-hydrogen) atoms. The van der Waals surface area contributed by atoms with E-state index in [9.17, 15) is 8.78 Å². The molecular formula is C13H14F2N4OS. The fraction of sp³-hybridized carbons (Fsp3) is 0.308. The van der Waals surface area contributed by atoms with E-state index in [1.54, 1.807) is 7.05 Å². The minimum atomic E-state index is -0.664. The number of benzene rings is 1. The predicted octanol–water partition coefficient (Wildman–Crippen LogP) is 3.13. The van der Waals surface area contributed by atoms with E-state index in [0.29, 0.717) is 12.6 Å². The van der Waals surface area contributed by atoms with Gasteiger partial charge in [-0.15, -0.1) is 0 Å². The summed E-state index contributed by atoms with van der Waals surface area (Å²) in [5.74, 6) is -0.973. The highest BCUT2D eigenvalue weighted by molar-refractivity contribution is 7.99. The van der Waals surface area contributed by atoms with Crippen molar-refractivity contribution < 1.29 is 13.5 Å². The monoisotopic (exact) mass is 312 g/mol.